The number of nitrogens with zero attached hydrogens (tertiary/aromatic N) is 4. The zero-order valence-electron chi connectivity index (χ0n) is 18.2. The number of hydrogen-bond acceptors (Lipinski definition) is 10. The van der Waals surface area contributed by atoms with Gasteiger partial charge in [0.2, 0.25) is 6.04 Å². The Kier molecular flexibility index (Phi) is 7.28. The quantitative estimate of drug-likeness (QED) is 0.213. The van der Waals surface area contributed by atoms with E-state index in [-0.39, 0.29) is 12.3 Å². The summed E-state index contributed by atoms with van der Waals surface area (Å²) in [5.41, 5.74) is 0.529. The molecule has 0 saturated carbocycles. The van der Waals surface area contributed by atoms with Crippen LogP contribution in [0.15, 0.2) is 40.1 Å². The molecule has 14 heteroatoms. The van der Waals surface area contributed by atoms with Crippen LogP contribution in [0.5, 0.6) is 0 Å². The van der Waals surface area contributed by atoms with Gasteiger partial charge in [0, 0.05) is 23.9 Å². The lowest BCUT2D eigenvalue weighted by Crippen LogP contribution is -2.71. The Hall–Kier alpha value is -2.84. The molecule has 180 valence electrons. The lowest BCUT2D eigenvalue weighted by Gasteiger charge is -2.49. The first-order chi connectivity index (χ1) is 16.3. The highest BCUT2D eigenvalue weighted by Crippen LogP contribution is 2.42. The number of carbonyl (C=O) groups excluding carboxylic acids is 3. The molecular formula is C20H21N5O6S3. The summed E-state index contributed by atoms with van der Waals surface area (Å²) in [6.45, 7) is 3.57. The van der Waals surface area contributed by atoms with Gasteiger partial charge in [-0.1, -0.05) is 23.1 Å². The molecule has 0 spiro atoms. The van der Waals surface area contributed by atoms with E-state index in [1.165, 1.54) is 44.3 Å². The fraction of sp³-hybridized carbons (Fsp3) is 0.400. The smallest absolute Gasteiger partial charge is 0.352 e. The van der Waals surface area contributed by atoms with E-state index in [9.17, 15) is 24.3 Å². The molecular weight excluding hydrogens is 502 g/mol. The predicted molar refractivity (Wildman–Crippen MR) is 125 cm³/mol. The van der Waals surface area contributed by atoms with Crippen LogP contribution in [-0.2, 0) is 23.9 Å². The van der Waals surface area contributed by atoms with Crippen LogP contribution in [0.25, 0.3) is 0 Å². The van der Waals surface area contributed by atoms with Crippen molar-refractivity contribution in [1.29, 1.82) is 0 Å². The summed E-state index contributed by atoms with van der Waals surface area (Å²) in [6, 6.07) is 1.10. The number of β-lactam (4-membered cyclic amide) rings is 1. The molecule has 1 fully saturated rings. The highest BCUT2D eigenvalue weighted by molar-refractivity contribution is 8.01. The number of hydrogen-bond donors (Lipinski definition) is 2. The van der Waals surface area contributed by atoms with Gasteiger partial charge in [-0.2, -0.15) is 0 Å². The number of carboxylic acids is 1. The molecule has 4 rings (SSSR count). The van der Waals surface area contributed by atoms with E-state index in [4.69, 9.17) is 4.74 Å². The van der Waals surface area contributed by atoms with E-state index >= 15 is 0 Å². The average Bonchev–Trinajstić information content (AvgIpc) is 3.47. The van der Waals surface area contributed by atoms with Gasteiger partial charge in [0.05, 0.1) is 6.61 Å². The van der Waals surface area contributed by atoms with Gasteiger partial charge < -0.3 is 19.7 Å². The van der Waals surface area contributed by atoms with Crippen LogP contribution in [0.4, 0.5) is 0 Å². The molecule has 0 radical (unpaired) electrons. The number of esters is 1. The van der Waals surface area contributed by atoms with Crippen molar-refractivity contribution in [1.82, 2.24) is 25.0 Å². The fourth-order valence-corrected chi connectivity index (χ4v) is 6.92. The first-order valence-electron chi connectivity index (χ1n) is 10.2. The van der Waals surface area contributed by atoms with Crippen molar-refractivity contribution < 1.29 is 29.0 Å². The maximum Gasteiger partial charge on any atom is 0.352 e. The van der Waals surface area contributed by atoms with Crippen LogP contribution in [0.2, 0.25) is 0 Å². The van der Waals surface area contributed by atoms with E-state index < -0.39 is 41.2 Å². The Labute approximate surface area is 206 Å². The second kappa shape index (κ2) is 10.2. The highest BCUT2D eigenvalue weighted by atomic mass is 32.2. The Morgan fingerprint density at radius 1 is 1.32 bits per heavy atom. The number of amides is 2. The van der Waals surface area contributed by atoms with Crippen molar-refractivity contribution in [3.8, 4) is 0 Å². The molecule has 0 bridgehead atoms. The van der Waals surface area contributed by atoms with Gasteiger partial charge >= 0.3 is 11.9 Å². The van der Waals surface area contributed by atoms with Crippen molar-refractivity contribution in [2.24, 2.45) is 0 Å². The number of aromatic nitrogens is 3. The number of fused-ring (bicyclic) bond motifs is 1. The zero-order chi connectivity index (χ0) is 24.4. The number of carbonyl (C=O) groups is 4. The minimum atomic E-state index is -1.29. The van der Waals surface area contributed by atoms with Gasteiger partial charge in [-0.15, -0.1) is 22.0 Å². The Bertz CT molecular complexity index is 1150. The van der Waals surface area contributed by atoms with Gasteiger partial charge in [0.1, 0.15) is 22.1 Å². The van der Waals surface area contributed by atoms with Crippen molar-refractivity contribution in [2.75, 3.05) is 18.1 Å². The third-order valence-electron chi connectivity index (χ3n) is 5.11. The Morgan fingerprint density at radius 3 is 2.68 bits per heavy atom. The summed E-state index contributed by atoms with van der Waals surface area (Å²) in [5, 5.41) is 20.6. The molecule has 34 heavy (non-hydrogen) atoms. The molecule has 4 heterocycles. The predicted octanol–water partition coefficient (Wildman–Crippen LogP) is 1.28. The summed E-state index contributed by atoms with van der Waals surface area (Å²) in [5.74, 6) is -2.44. The second-order valence-corrected chi connectivity index (χ2v) is 10.8. The average molecular weight is 524 g/mol. The first-order valence-corrected chi connectivity index (χ1v) is 13.1. The zero-order valence-corrected chi connectivity index (χ0v) is 20.6. The minimum absolute atomic E-state index is 0.0691. The summed E-state index contributed by atoms with van der Waals surface area (Å²) in [7, 11) is 0. The van der Waals surface area contributed by atoms with Gasteiger partial charge in [-0.25, -0.2) is 9.59 Å². The van der Waals surface area contributed by atoms with Gasteiger partial charge in [0.15, 0.2) is 4.34 Å². The minimum Gasteiger partial charge on any atom is -0.477 e. The largest absolute Gasteiger partial charge is 0.477 e. The number of rotatable bonds is 9. The molecule has 0 aromatic carbocycles. The van der Waals surface area contributed by atoms with Gasteiger partial charge in [0.25, 0.3) is 11.8 Å². The van der Waals surface area contributed by atoms with Gasteiger partial charge in [-0.05, 0) is 31.6 Å². The number of aryl methyl sites for hydroxylation is 1. The molecule has 2 N–H and O–H groups in total. The molecule has 2 amide bonds. The molecule has 2 aromatic heterocycles. The van der Waals surface area contributed by atoms with Crippen LogP contribution in [0.3, 0.4) is 0 Å². The lowest BCUT2D eigenvalue weighted by molar-refractivity contribution is -0.155. The molecule has 2 aliphatic rings. The molecule has 2 aliphatic heterocycles. The van der Waals surface area contributed by atoms with Gasteiger partial charge in [-0.3, -0.25) is 14.5 Å². The highest BCUT2D eigenvalue weighted by Gasteiger charge is 2.54. The number of ether oxygens (including phenoxy) is 1. The summed E-state index contributed by atoms with van der Waals surface area (Å²) in [4.78, 5) is 51.5. The fourth-order valence-electron chi connectivity index (χ4n) is 3.62. The van der Waals surface area contributed by atoms with E-state index in [1.54, 1.807) is 31.5 Å². The Balaban J connectivity index is 1.48. The molecule has 2 aromatic rings. The number of carboxylic acid groups (broad SMARTS) is 1. The summed E-state index contributed by atoms with van der Waals surface area (Å²) < 4.78 is 7.14. The topological polar surface area (TPSA) is 144 Å². The van der Waals surface area contributed by atoms with Crippen LogP contribution < -0.4 is 5.32 Å². The van der Waals surface area contributed by atoms with E-state index in [0.29, 0.717) is 17.1 Å². The maximum atomic E-state index is 13.0. The standard InChI is InChI=1S/C20H21N5O6S3/c1-3-31-19(30)14(24-6-4-5-7-24)15(26)21-12-16(27)25-13(18(28)29)11(8-32-17(12)25)9-33-20-23-22-10(2)34-20/h4-7,12,14,17H,3,8-9H2,1-2H3,(H,21,26)(H,28,29). The van der Waals surface area contributed by atoms with Crippen molar-refractivity contribution >= 4 is 58.6 Å². The molecule has 11 nitrogen and oxygen atoms in total. The Morgan fingerprint density at radius 2 is 2.06 bits per heavy atom. The number of aliphatic carboxylic acids is 1. The lowest BCUT2D eigenvalue weighted by atomic mass is 10.0. The molecule has 0 aliphatic carbocycles. The normalized spacial score (nSPS) is 20.4. The number of nitrogens with one attached hydrogen (secondary N) is 1. The van der Waals surface area contributed by atoms with Crippen LogP contribution in [-0.4, -0.2) is 78.1 Å². The van der Waals surface area contributed by atoms with Crippen molar-refractivity contribution in [3.63, 3.8) is 0 Å². The molecule has 3 atom stereocenters. The van der Waals surface area contributed by atoms with Crippen LogP contribution in [0.1, 0.15) is 18.0 Å². The van der Waals surface area contributed by atoms with Crippen LogP contribution >= 0.6 is 34.9 Å². The van der Waals surface area contributed by atoms with Crippen molar-refractivity contribution in [3.05, 3.63) is 40.8 Å². The second-order valence-electron chi connectivity index (χ2n) is 7.31. The molecule has 3 unspecified atom stereocenters. The summed E-state index contributed by atoms with van der Waals surface area (Å²) >= 11 is 4.14. The van der Waals surface area contributed by atoms with E-state index in [1.807, 2.05) is 6.92 Å². The monoisotopic (exact) mass is 523 g/mol. The third-order valence-corrected chi connectivity index (χ3v) is 8.51. The van der Waals surface area contributed by atoms with E-state index in [2.05, 4.69) is 15.5 Å². The molecule has 1 saturated heterocycles. The van der Waals surface area contributed by atoms with Crippen LogP contribution in [0, 0.1) is 6.92 Å². The van der Waals surface area contributed by atoms with Crippen molar-refractivity contribution in [2.45, 2.75) is 35.6 Å². The SMILES string of the molecule is CCOC(=O)C(C(=O)NC1C(=O)N2C(C(=O)O)=C(CSc3nnc(C)s3)CSC12)n1cccc1. The third kappa shape index (κ3) is 4.70. The summed E-state index contributed by atoms with van der Waals surface area (Å²) in [6.07, 6.45) is 3.11. The maximum absolute atomic E-state index is 13.0. The first kappa shape index (κ1) is 24.3. The number of thioether (sulfide) groups is 2. The van der Waals surface area contributed by atoms with E-state index in [0.717, 1.165) is 9.35 Å².